The van der Waals surface area contributed by atoms with Gasteiger partial charge in [-0.15, -0.1) is 0 Å². The van der Waals surface area contributed by atoms with Crippen LogP contribution >= 0.6 is 0 Å². The molecule has 1 aliphatic carbocycles. The molecule has 0 aromatic heterocycles. The minimum atomic E-state index is -0.139. The van der Waals surface area contributed by atoms with Crippen LogP contribution in [-0.4, -0.2) is 0 Å². The highest BCUT2D eigenvalue weighted by Gasteiger charge is 2.22. The predicted octanol–water partition coefficient (Wildman–Crippen LogP) is 0.836. The quantitative estimate of drug-likeness (QED) is 0.427. The van der Waals surface area contributed by atoms with Gasteiger partial charge in [0.25, 0.3) is 0 Å². The molecule has 0 saturated heterocycles. The molecule has 2 heteroatoms. The third-order valence-electron chi connectivity index (χ3n) is 1.21. The van der Waals surface area contributed by atoms with Crippen LogP contribution in [0.4, 0.5) is 0 Å². The van der Waals surface area contributed by atoms with E-state index in [1.807, 2.05) is 12.1 Å². The Morgan fingerprint density at radius 3 is 1.50 bits per heavy atom. The lowest BCUT2D eigenvalue weighted by molar-refractivity contribution is 0.635. The summed E-state index contributed by atoms with van der Waals surface area (Å²) in [5.74, 6) is -0.278. The zero-order valence-corrected chi connectivity index (χ0v) is 4.20. The Morgan fingerprint density at radius 1 is 1.00 bits per heavy atom. The SMILES string of the molecule is N#C[C@@H]1C=C[C@H]1C#N. The molecule has 0 saturated carbocycles. The standard InChI is InChI=1S/C6H4N2/c7-3-5-1-2-6(5)4-8/h1-2,5-6H/t5-,6-/m0/s1. The monoisotopic (exact) mass is 104 g/mol. The smallest absolute Gasteiger partial charge is 0.0837 e. The van der Waals surface area contributed by atoms with Crippen LogP contribution < -0.4 is 0 Å². The number of rotatable bonds is 0. The summed E-state index contributed by atoms with van der Waals surface area (Å²) >= 11 is 0. The molecule has 0 aromatic carbocycles. The largest absolute Gasteiger partial charge is 0.198 e. The van der Waals surface area contributed by atoms with Gasteiger partial charge < -0.3 is 0 Å². The molecule has 0 radical (unpaired) electrons. The van der Waals surface area contributed by atoms with Crippen LogP contribution in [0.1, 0.15) is 0 Å². The second-order valence-corrected chi connectivity index (χ2v) is 1.69. The van der Waals surface area contributed by atoms with Gasteiger partial charge in [0.2, 0.25) is 0 Å². The number of allylic oxidation sites excluding steroid dienone is 2. The van der Waals surface area contributed by atoms with Gasteiger partial charge in [0, 0.05) is 0 Å². The van der Waals surface area contributed by atoms with Crippen molar-refractivity contribution in [2.75, 3.05) is 0 Å². The van der Waals surface area contributed by atoms with Gasteiger partial charge in [0.1, 0.15) is 0 Å². The maximum Gasteiger partial charge on any atom is 0.0837 e. The summed E-state index contributed by atoms with van der Waals surface area (Å²) < 4.78 is 0. The van der Waals surface area contributed by atoms with E-state index in [1.54, 1.807) is 12.2 Å². The van der Waals surface area contributed by atoms with Crippen LogP contribution in [-0.2, 0) is 0 Å². The predicted molar refractivity (Wildman–Crippen MR) is 27.3 cm³/mol. The van der Waals surface area contributed by atoms with Crippen LogP contribution in [0.2, 0.25) is 0 Å². The summed E-state index contributed by atoms with van der Waals surface area (Å²) in [6.07, 6.45) is 3.49. The molecule has 0 amide bonds. The maximum atomic E-state index is 8.24. The molecular weight excluding hydrogens is 100 g/mol. The summed E-state index contributed by atoms with van der Waals surface area (Å²) in [7, 11) is 0. The van der Waals surface area contributed by atoms with Gasteiger partial charge in [-0.25, -0.2) is 0 Å². The molecule has 0 N–H and O–H groups in total. The summed E-state index contributed by atoms with van der Waals surface area (Å²) in [6, 6.07) is 3.99. The summed E-state index contributed by atoms with van der Waals surface area (Å²) in [5.41, 5.74) is 0. The molecule has 0 heterocycles. The Labute approximate surface area is 47.7 Å². The van der Waals surface area contributed by atoms with E-state index < -0.39 is 0 Å². The van der Waals surface area contributed by atoms with Gasteiger partial charge in [-0.1, -0.05) is 12.2 Å². The second-order valence-electron chi connectivity index (χ2n) is 1.69. The molecule has 38 valence electrons. The highest BCUT2D eigenvalue weighted by atomic mass is 14.4. The first kappa shape index (κ1) is 4.87. The Balaban J connectivity index is 2.61. The molecule has 2 nitrogen and oxygen atoms in total. The van der Waals surface area contributed by atoms with Gasteiger partial charge in [0.15, 0.2) is 0 Å². The van der Waals surface area contributed by atoms with Crippen molar-refractivity contribution in [3.8, 4) is 12.1 Å². The van der Waals surface area contributed by atoms with Crippen LogP contribution in [0.25, 0.3) is 0 Å². The van der Waals surface area contributed by atoms with Crippen molar-refractivity contribution in [2.24, 2.45) is 11.8 Å². The normalized spacial score (nSPS) is 32.2. The number of nitrogens with zero attached hydrogens (tertiary/aromatic N) is 2. The molecular formula is C6H4N2. The van der Waals surface area contributed by atoms with Crippen LogP contribution in [0.5, 0.6) is 0 Å². The molecule has 0 unspecified atom stereocenters. The minimum absolute atomic E-state index is 0.139. The lowest BCUT2D eigenvalue weighted by atomic mass is 9.85. The average molecular weight is 104 g/mol. The summed E-state index contributed by atoms with van der Waals surface area (Å²) in [5, 5.41) is 16.5. The van der Waals surface area contributed by atoms with Crippen molar-refractivity contribution in [1.29, 1.82) is 10.5 Å². The van der Waals surface area contributed by atoms with Crippen molar-refractivity contribution < 1.29 is 0 Å². The fourth-order valence-corrected chi connectivity index (χ4v) is 0.580. The van der Waals surface area contributed by atoms with E-state index in [2.05, 4.69) is 0 Å². The zero-order valence-electron chi connectivity index (χ0n) is 4.20. The topological polar surface area (TPSA) is 47.6 Å². The van der Waals surface area contributed by atoms with Gasteiger partial charge in [-0.05, 0) is 0 Å². The van der Waals surface area contributed by atoms with E-state index in [-0.39, 0.29) is 11.8 Å². The van der Waals surface area contributed by atoms with Crippen LogP contribution in [0.15, 0.2) is 12.2 Å². The molecule has 8 heavy (non-hydrogen) atoms. The molecule has 0 bridgehead atoms. The fraction of sp³-hybridized carbons (Fsp3) is 0.333. The van der Waals surface area contributed by atoms with Crippen molar-refractivity contribution in [1.82, 2.24) is 0 Å². The van der Waals surface area contributed by atoms with Crippen molar-refractivity contribution in [2.45, 2.75) is 0 Å². The van der Waals surface area contributed by atoms with E-state index in [9.17, 15) is 0 Å². The van der Waals surface area contributed by atoms with Crippen molar-refractivity contribution in [3.63, 3.8) is 0 Å². The fourth-order valence-electron chi connectivity index (χ4n) is 0.580. The zero-order chi connectivity index (χ0) is 5.98. The first-order valence-corrected chi connectivity index (χ1v) is 2.36. The van der Waals surface area contributed by atoms with E-state index in [1.165, 1.54) is 0 Å². The Kier molecular flexibility index (Phi) is 1.02. The highest BCUT2D eigenvalue weighted by molar-refractivity contribution is 5.23. The van der Waals surface area contributed by atoms with Crippen molar-refractivity contribution in [3.05, 3.63) is 12.2 Å². The lowest BCUT2D eigenvalue weighted by Gasteiger charge is -2.14. The van der Waals surface area contributed by atoms with Gasteiger partial charge in [-0.3, -0.25) is 0 Å². The third kappa shape index (κ3) is 0.476. The number of hydrogen-bond acceptors (Lipinski definition) is 2. The Bertz CT molecular complexity index is 170. The van der Waals surface area contributed by atoms with E-state index in [0.717, 1.165) is 0 Å². The minimum Gasteiger partial charge on any atom is -0.198 e. The van der Waals surface area contributed by atoms with Gasteiger partial charge in [0.05, 0.1) is 24.0 Å². The molecule has 0 aromatic rings. The molecule has 1 aliphatic rings. The molecule has 0 spiro atoms. The Morgan fingerprint density at radius 2 is 1.38 bits per heavy atom. The van der Waals surface area contributed by atoms with Gasteiger partial charge >= 0.3 is 0 Å². The van der Waals surface area contributed by atoms with E-state index in [0.29, 0.717) is 0 Å². The summed E-state index contributed by atoms with van der Waals surface area (Å²) in [4.78, 5) is 0. The molecule has 2 atom stereocenters. The number of hydrogen-bond donors (Lipinski definition) is 0. The molecule has 1 rings (SSSR count). The van der Waals surface area contributed by atoms with Gasteiger partial charge in [-0.2, -0.15) is 10.5 Å². The highest BCUT2D eigenvalue weighted by Crippen LogP contribution is 2.22. The Hall–Kier alpha value is -1.28. The van der Waals surface area contributed by atoms with Crippen LogP contribution in [0, 0.1) is 34.5 Å². The van der Waals surface area contributed by atoms with Crippen LogP contribution in [0.3, 0.4) is 0 Å². The van der Waals surface area contributed by atoms with E-state index >= 15 is 0 Å². The van der Waals surface area contributed by atoms with Crippen molar-refractivity contribution >= 4 is 0 Å². The number of nitriles is 2. The average Bonchev–Trinajstić information content (AvgIpc) is 1.66. The lowest BCUT2D eigenvalue weighted by Crippen LogP contribution is -2.13. The first-order chi connectivity index (χ1) is 3.88. The third-order valence-corrected chi connectivity index (χ3v) is 1.21. The second kappa shape index (κ2) is 1.68. The molecule has 0 aliphatic heterocycles. The van der Waals surface area contributed by atoms with E-state index in [4.69, 9.17) is 10.5 Å². The molecule has 0 fully saturated rings. The summed E-state index contributed by atoms with van der Waals surface area (Å²) in [6.45, 7) is 0. The maximum absolute atomic E-state index is 8.24. The first-order valence-electron chi connectivity index (χ1n) is 2.36.